The van der Waals surface area contributed by atoms with Gasteiger partial charge in [-0.3, -0.25) is 0 Å². The first-order chi connectivity index (χ1) is 9.61. The van der Waals surface area contributed by atoms with E-state index in [2.05, 4.69) is 4.98 Å². The van der Waals surface area contributed by atoms with Crippen LogP contribution in [-0.4, -0.2) is 14.5 Å². The van der Waals surface area contributed by atoms with Crippen LogP contribution >= 0.6 is 11.6 Å². The standard InChI is InChI=1S/C14H13ClN3O2/c1-2-8-17-13(16-10-14(17)18(19)20)7-6-11-4-3-5-12(15)9-11/h3-10H,2H2,1H3. The third-order valence-corrected chi connectivity index (χ3v) is 2.87. The van der Waals surface area contributed by atoms with Crippen molar-refractivity contribution in [1.29, 1.82) is 0 Å². The first-order valence-corrected chi connectivity index (χ1v) is 6.48. The summed E-state index contributed by atoms with van der Waals surface area (Å²) in [5.41, 5.74) is 0.909. The zero-order valence-electron chi connectivity index (χ0n) is 10.9. The van der Waals surface area contributed by atoms with Gasteiger partial charge in [0.2, 0.25) is 5.82 Å². The summed E-state index contributed by atoms with van der Waals surface area (Å²) in [6.45, 7) is 3.64. The van der Waals surface area contributed by atoms with Crippen LogP contribution in [0.15, 0.2) is 30.5 Å². The number of nitrogens with zero attached hydrogens (tertiary/aromatic N) is 3. The molecule has 0 saturated heterocycles. The average molecular weight is 291 g/mol. The molecule has 103 valence electrons. The van der Waals surface area contributed by atoms with Crippen LogP contribution in [0.25, 0.3) is 12.2 Å². The Morgan fingerprint density at radius 2 is 2.25 bits per heavy atom. The number of halogens is 1. The van der Waals surface area contributed by atoms with Gasteiger partial charge in [0.1, 0.15) is 12.7 Å². The highest BCUT2D eigenvalue weighted by Gasteiger charge is 2.17. The van der Waals surface area contributed by atoms with Crippen molar-refractivity contribution in [3.05, 3.63) is 63.5 Å². The Kier molecular flexibility index (Phi) is 4.53. The van der Waals surface area contributed by atoms with E-state index in [-0.39, 0.29) is 5.82 Å². The summed E-state index contributed by atoms with van der Waals surface area (Å²) in [5, 5.41) is 11.6. The molecule has 2 aromatic rings. The van der Waals surface area contributed by atoms with Gasteiger partial charge < -0.3 is 10.1 Å². The maximum atomic E-state index is 10.9. The maximum Gasteiger partial charge on any atom is 0.343 e. The van der Waals surface area contributed by atoms with Crippen LogP contribution in [0, 0.1) is 16.7 Å². The van der Waals surface area contributed by atoms with Crippen LogP contribution in [0.3, 0.4) is 0 Å². The minimum Gasteiger partial charge on any atom is -0.358 e. The smallest absolute Gasteiger partial charge is 0.343 e. The molecule has 0 bridgehead atoms. The topological polar surface area (TPSA) is 61.0 Å². The molecule has 1 aromatic carbocycles. The molecule has 0 unspecified atom stereocenters. The summed E-state index contributed by atoms with van der Waals surface area (Å²) in [6.07, 6.45) is 5.47. The number of aromatic nitrogens is 2. The van der Waals surface area contributed by atoms with E-state index in [4.69, 9.17) is 11.6 Å². The summed E-state index contributed by atoms with van der Waals surface area (Å²) in [6, 6.07) is 7.33. The summed E-state index contributed by atoms with van der Waals surface area (Å²) >= 11 is 5.90. The summed E-state index contributed by atoms with van der Waals surface area (Å²) < 4.78 is 1.47. The highest BCUT2D eigenvalue weighted by Crippen LogP contribution is 2.18. The lowest BCUT2D eigenvalue weighted by atomic mass is 10.2. The molecule has 0 spiro atoms. The predicted molar refractivity (Wildman–Crippen MR) is 79.3 cm³/mol. The Morgan fingerprint density at radius 3 is 2.90 bits per heavy atom. The highest BCUT2D eigenvalue weighted by atomic mass is 35.5. The van der Waals surface area contributed by atoms with E-state index in [1.807, 2.05) is 31.2 Å². The minimum absolute atomic E-state index is 0.0439. The van der Waals surface area contributed by atoms with Gasteiger partial charge in [0.15, 0.2) is 0 Å². The van der Waals surface area contributed by atoms with Gasteiger partial charge in [-0.1, -0.05) is 30.7 Å². The molecule has 5 nitrogen and oxygen atoms in total. The third kappa shape index (κ3) is 3.24. The van der Waals surface area contributed by atoms with Crippen LogP contribution in [0.2, 0.25) is 5.02 Å². The molecule has 0 atom stereocenters. The van der Waals surface area contributed by atoms with Crippen molar-refractivity contribution in [3.63, 3.8) is 0 Å². The lowest BCUT2D eigenvalue weighted by Crippen LogP contribution is -2.02. The SMILES string of the molecule is CC[CH]n1c([N+](=O)[O-])cnc1C=Cc1cccc(Cl)c1. The Morgan fingerprint density at radius 1 is 1.45 bits per heavy atom. The summed E-state index contributed by atoms with van der Waals surface area (Å²) in [4.78, 5) is 14.5. The molecule has 1 aromatic heterocycles. The monoisotopic (exact) mass is 290 g/mol. The molecule has 0 saturated carbocycles. The number of hydrogen-bond acceptors (Lipinski definition) is 3. The van der Waals surface area contributed by atoms with E-state index in [1.165, 1.54) is 10.8 Å². The van der Waals surface area contributed by atoms with Crippen LogP contribution in [0.4, 0.5) is 5.82 Å². The molecule has 1 heterocycles. The lowest BCUT2D eigenvalue weighted by Gasteiger charge is -1.99. The molecular weight excluding hydrogens is 278 g/mol. The Hall–Kier alpha value is -2.14. The molecule has 0 aliphatic rings. The molecule has 0 aliphatic heterocycles. The molecule has 6 heteroatoms. The summed E-state index contributed by atoms with van der Waals surface area (Å²) in [5.74, 6) is 0.469. The first-order valence-electron chi connectivity index (χ1n) is 6.10. The molecule has 0 fully saturated rings. The Balaban J connectivity index is 2.31. The van der Waals surface area contributed by atoms with E-state index in [0.29, 0.717) is 17.3 Å². The largest absolute Gasteiger partial charge is 0.358 e. The van der Waals surface area contributed by atoms with Gasteiger partial charge in [-0.25, -0.2) is 4.98 Å². The number of rotatable bonds is 5. The van der Waals surface area contributed by atoms with Crippen LogP contribution in [-0.2, 0) is 0 Å². The fraction of sp³-hybridized carbons (Fsp3) is 0.143. The molecule has 0 N–H and O–H groups in total. The highest BCUT2D eigenvalue weighted by molar-refractivity contribution is 6.30. The van der Waals surface area contributed by atoms with E-state index in [9.17, 15) is 10.1 Å². The molecule has 0 amide bonds. The molecule has 0 aliphatic carbocycles. The first kappa shape index (κ1) is 14.3. The number of benzene rings is 1. The lowest BCUT2D eigenvalue weighted by molar-refractivity contribution is -0.391. The molecule has 20 heavy (non-hydrogen) atoms. The van der Waals surface area contributed by atoms with Crippen LogP contribution < -0.4 is 0 Å². The van der Waals surface area contributed by atoms with Gasteiger partial charge in [0, 0.05) is 11.1 Å². The van der Waals surface area contributed by atoms with Crippen molar-refractivity contribution in [2.45, 2.75) is 13.3 Å². The fourth-order valence-electron chi connectivity index (χ4n) is 1.77. The quantitative estimate of drug-likeness (QED) is 0.617. The average Bonchev–Trinajstić information content (AvgIpc) is 2.80. The van der Waals surface area contributed by atoms with Crippen LogP contribution in [0.1, 0.15) is 24.7 Å². The molecular formula is C14H13ClN3O2. The Bertz CT molecular complexity index is 650. The van der Waals surface area contributed by atoms with Crippen molar-refractivity contribution in [2.75, 3.05) is 0 Å². The predicted octanol–water partition coefficient (Wildman–Crippen LogP) is 4.03. The minimum atomic E-state index is -0.449. The van der Waals surface area contributed by atoms with Crippen LogP contribution in [0.5, 0.6) is 0 Å². The third-order valence-electron chi connectivity index (χ3n) is 2.63. The van der Waals surface area contributed by atoms with E-state index in [0.717, 1.165) is 5.56 Å². The van der Waals surface area contributed by atoms with E-state index < -0.39 is 4.92 Å². The number of imidazole rings is 1. The number of hydrogen-bond donors (Lipinski definition) is 0. The van der Waals surface area contributed by atoms with Gasteiger partial charge in [-0.05, 0) is 35.1 Å². The van der Waals surface area contributed by atoms with E-state index >= 15 is 0 Å². The zero-order valence-corrected chi connectivity index (χ0v) is 11.6. The van der Waals surface area contributed by atoms with Gasteiger partial charge in [0.05, 0.1) is 0 Å². The maximum absolute atomic E-state index is 10.9. The van der Waals surface area contributed by atoms with Gasteiger partial charge >= 0.3 is 5.82 Å². The van der Waals surface area contributed by atoms with Crippen molar-refractivity contribution < 1.29 is 4.92 Å². The molecule has 1 radical (unpaired) electrons. The van der Waals surface area contributed by atoms with Crippen molar-refractivity contribution in [1.82, 2.24) is 9.55 Å². The van der Waals surface area contributed by atoms with Crippen molar-refractivity contribution >= 4 is 29.6 Å². The van der Waals surface area contributed by atoms with E-state index in [1.54, 1.807) is 18.7 Å². The van der Waals surface area contributed by atoms with Gasteiger partial charge in [0.25, 0.3) is 0 Å². The second-order valence-corrected chi connectivity index (χ2v) is 4.52. The molecule has 2 rings (SSSR count). The second-order valence-electron chi connectivity index (χ2n) is 4.08. The second kappa shape index (κ2) is 6.34. The van der Waals surface area contributed by atoms with Crippen molar-refractivity contribution in [3.8, 4) is 0 Å². The van der Waals surface area contributed by atoms with Gasteiger partial charge in [-0.15, -0.1) is 0 Å². The Labute approximate surface area is 121 Å². The normalized spacial score (nSPS) is 11.1. The zero-order chi connectivity index (χ0) is 14.5. The number of nitro groups is 1. The summed E-state index contributed by atoms with van der Waals surface area (Å²) in [7, 11) is 0. The van der Waals surface area contributed by atoms with Crippen molar-refractivity contribution in [2.24, 2.45) is 0 Å². The van der Waals surface area contributed by atoms with Gasteiger partial charge in [-0.2, -0.15) is 4.57 Å². The fourth-order valence-corrected chi connectivity index (χ4v) is 1.97.